The van der Waals surface area contributed by atoms with Crippen LogP contribution in [0.3, 0.4) is 0 Å². The molecule has 5 nitrogen and oxygen atoms in total. The molecule has 7 heteroatoms. The van der Waals surface area contributed by atoms with Crippen molar-refractivity contribution < 1.29 is 16.7 Å². The van der Waals surface area contributed by atoms with Crippen molar-refractivity contribution in [1.82, 2.24) is 0 Å². The zero-order chi connectivity index (χ0) is 18.0. The molecule has 0 radical (unpaired) electrons. The van der Waals surface area contributed by atoms with Crippen molar-refractivity contribution in [2.45, 2.75) is 19.8 Å². The molecule has 0 saturated carbocycles. The molecular formula is C18H18AsNO4S. The van der Waals surface area contributed by atoms with Gasteiger partial charge in [0.1, 0.15) is 0 Å². The van der Waals surface area contributed by atoms with E-state index in [-0.39, 0.29) is 10.3 Å². The Kier molecular flexibility index (Phi) is 5.16. The van der Waals surface area contributed by atoms with Gasteiger partial charge in [0.05, 0.1) is 0 Å². The second kappa shape index (κ2) is 7.18. The van der Waals surface area contributed by atoms with E-state index in [4.69, 9.17) is 0 Å². The van der Waals surface area contributed by atoms with Crippen LogP contribution in [0.1, 0.15) is 28.6 Å². The molecule has 0 bridgehead atoms. The molecule has 1 aromatic heterocycles. The van der Waals surface area contributed by atoms with Crippen LogP contribution in [-0.4, -0.2) is 28.3 Å². The van der Waals surface area contributed by atoms with Crippen LogP contribution >= 0.6 is 11.3 Å². The van der Waals surface area contributed by atoms with E-state index in [1.54, 1.807) is 0 Å². The summed E-state index contributed by atoms with van der Waals surface area (Å²) in [4.78, 5) is 13.4. The Balaban J connectivity index is 1.89. The SMILES string of the molecule is CCCc1c(C(=O)Nc2ccc([As](=O)(O)O)cc2)sc2ccccc12. The molecule has 1 amide bonds. The van der Waals surface area contributed by atoms with Gasteiger partial charge in [0.15, 0.2) is 0 Å². The minimum absolute atomic E-state index is 0.00958. The van der Waals surface area contributed by atoms with Gasteiger partial charge in [-0.15, -0.1) is 0 Å². The van der Waals surface area contributed by atoms with Gasteiger partial charge in [0, 0.05) is 0 Å². The van der Waals surface area contributed by atoms with Crippen LogP contribution in [0.15, 0.2) is 48.5 Å². The zero-order valence-electron chi connectivity index (χ0n) is 13.6. The first-order chi connectivity index (χ1) is 11.9. The third-order valence-corrected chi connectivity index (χ3v) is 7.11. The number of rotatable bonds is 5. The van der Waals surface area contributed by atoms with Crippen LogP contribution < -0.4 is 9.67 Å². The number of nitrogens with one attached hydrogen (secondary N) is 1. The van der Waals surface area contributed by atoms with E-state index in [9.17, 15) is 16.7 Å². The second-order valence-electron chi connectivity index (χ2n) is 5.70. The normalized spacial score (nSPS) is 11.6. The number of hydrogen-bond acceptors (Lipinski definition) is 3. The van der Waals surface area contributed by atoms with Crippen LogP contribution in [0, 0.1) is 0 Å². The summed E-state index contributed by atoms with van der Waals surface area (Å²) in [6.45, 7) is 2.08. The molecule has 0 aliphatic heterocycles. The number of fused-ring (bicyclic) bond motifs is 1. The van der Waals surface area contributed by atoms with Crippen LogP contribution in [0.5, 0.6) is 0 Å². The molecule has 0 aliphatic rings. The standard InChI is InChI=1S/C18H18AsNO4S/c1-2-5-15-14-6-3-4-7-16(14)25-17(15)18(21)20-13-10-8-12(9-11-13)19(22,23)24/h3-4,6-11H,2,5H2,1H3,(H,20,21)(H2,22,23,24). The van der Waals surface area contributed by atoms with Crippen LogP contribution in [0.4, 0.5) is 5.69 Å². The van der Waals surface area contributed by atoms with Gasteiger partial charge < -0.3 is 0 Å². The average Bonchev–Trinajstić information content (AvgIpc) is 2.94. The van der Waals surface area contributed by atoms with Gasteiger partial charge in [-0.05, 0) is 0 Å². The topological polar surface area (TPSA) is 86.6 Å². The first-order valence-electron chi connectivity index (χ1n) is 7.88. The summed E-state index contributed by atoms with van der Waals surface area (Å²) in [6.07, 6.45) is 1.77. The first kappa shape index (κ1) is 18.0. The maximum atomic E-state index is 12.7. The molecule has 0 unspecified atom stereocenters. The van der Waals surface area contributed by atoms with E-state index in [2.05, 4.69) is 12.2 Å². The Morgan fingerprint density at radius 3 is 2.44 bits per heavy atom. The molecule has 0 spiro atoms. The first-order valence-corrected chi connectivity index (χ1v) is 12.1. The Bertz CT molecular complexity index is 959. The third-order valence-electron chi connectivity index (χ3n) is 3.87. The van der Waals surface area contributed by atoms with E-state index >= 15 is 0 Å². The van der Waals surface area contributed by atoms with E-state index in [0.29, 0.717) is 10.6 Å². The number of thiophene rings is 1. The van der Waals surface area contributed by atoms with Crippen molar-refractivity contribution in [2.75, 3.05) is 5.32 Å². The second-order valence-corrected chi connectivity index (χ2v) is 10.1. The Morgan fingerprint density at radius 2 is 1.80 bits per heavy atom. The van der Waals surface area contributed by atoms with Crippen molar-refractivity contribution in [3.8, 4) is 0 Å². The Hall–Kier alpha value is -1.85. The van der Waals surface area contributed by atoms with Gasteiger partial charge in [0.25, 0.3) is 0 Å². The number of carbonyl (C=O) groups excluding carboxylic acids is 1. The van der Waals surface area contributed by atoms with Crippen molar-refractivity contribution >= 4 is 51.5 Å². The van der Waals surface area contributed by atoms with E-state index in [1.807, 2.05) is 24.3 Å². The number of benzene rings is 2. The molecule has 3 aromatic rings. The molecular weight excluding hydrogens is 401 g/mol. The van der Waals surface area contributed by atoms with Crippen molar-refractivity contribution in [3.63, 3.8) is 0 Å². The summed E-state index contributed by atoms with van der Waals surface area (Å²) in [5.41, 5.74) is 1.56. The minimum atomic E-state index is -4.90. The quantitative estimate of drug-likeness (QED) is 0.555. The monoisotopic (exact) mass is 419 g/mol. The predicted octanol–water partition coefficient (Wildman–Crippen LogP) is 2.67. The van der Waals surface area contributed by atoms with Crippen LogP contribution in [-0.2, 0) is 10.2 Å². The number of aryl methyl sites for hydroxylation is 1. The number of hydrogen-bond donors (Lipinski definition) is 3. The van der Waals surface area contributed by atoms with Gasteiger partial charge in [-0.2, -0.15) is 0 Å². The van der Waals surface area contributed by atoms with Gasteiger partial charge in [0.2, 0.25) is 0 Å². The fourth-order valence-corrected chi connectivity index (χ4v) is 4.98. The van der Waals surface area contributed by atoms with Crippen LogP contribution in [0.2, 0.25) is 0 Å². The van der Waals surface area contributed by atoms with Crippen molar-refractivity contribution in [2.24, 2.45) is 0 Å². The van der Waals surface area contributed by atoms with Crippen LogP contribution in [0.25, 0.3) is 10.1 Å². The van der Waals surface area contributed by atoms with Gasteiger partial charge in [-0.3, -0.25) is 0 Å². The Morgan fingerprint density at radius 1 is 1.12 bits per heavy atom. The number of amides is 1. The molecule has 0 aliphatic carbocycles. The molecule has 3 N–H and O–H groups in total. The summed E-state index contributed by atoms with van der Waals surface area (Å²) < 4.78 is 30.7. The summed E-state index contributed by atoms with van der Waals surface area (Å²) in [6, 6.07) is 13.7. The van der Waals surface area contributed by atoms with Gasteiger partial charge >= 0.3 is 152 Å². The molecule has 1 heterocycles. The summed E-state index contributed by atoms with van der Waals surface area (Å²) in [5.74, 6) is -0.195. The fourth-order valence-electron chi connectivity index (χ4n) is 2.71. The zero-order valence-corrected chi connectivity index (χ0v) is 16.3. The molecule has 3 rings (SSSR count). The molecule has 130 valence electrons. The number of anilines is 1. The molecule has 25 heavy (non-hydrogen) atoms. The van der Waals surface area contributed by atoms with E-state index in [1.165, 1.54) is 35.6 Å². The third kappa shape index (κ3) is 3.88. The van der Waals surface area contributed by atoms with Gasteiger partial charge in [-0.25, -0.2) is 0 Å². The molecule has 0 fully saturated rings. The molecule has 0 atom stereocenters. The summed E-state index contributed by atoms with van der Waals surface area (Å²) in [7, 11) is 0. The van der Waals surface area contributed by atoms with Crippen molar-refractivity contribution in [1.29, 1.82) is 0 Å². The molecule has 0 saturated heterocycles. The summed E-state index contributed by atoms with van der Waals surface area (Å²) >= 11 is -3.44. The predicted molar refractivity (Wildman–Crippen MR) is 101 cm³/mol. The average molecular weight is 419 g/mol. The van der Waals surface area contributed by atoms with E-state index in [0.717, 1.165) is 28.5 Å². The van der Waals surface area contributed by atoms with Gasteiger partial charge in [-0.1, -0.05) is 0 Å². The maximum absolute atomic E-state index is 12.7. The summed E-state index contributed by atoms with van der Waals surface area (Å²) in [5, 5.41) is 3.93. The fraction of sp³-hybridized carbons (Fsp3) is 0.167. The molecule has 2 aromatic carbocycles. The number of carbonyl (C=O) groups is 1. The Labute approximate surface area is 152 Å². The van der Waals surface area contributed by atoms with E-state index < -0.39 is 14.2 Å². The van der Waals surface area contributed by atoms with Crippen molar-refractivity contribution in [3.05, 3.63) is 59.0 Å².